The molecule has 1 atom stereocenters. The van der Waals surface area contributed by atoms with Crippen LogP contribution >= 0.6 is 0 Å². The third-order valence-electron chi connectivity index (χ3n) is 5.49. The Morgan fingerprint density at radius 1 is 1.31 bits per heavy atom. The molecule has 7 heteroatoms. The smallest absolute Gasteiger partial charge is 0.271 e. The van der Waals surface area contributed by atoms with Crippen LogP contribution in [0.4, 0.5) is 0 Å². The molecule has 0 aliphatic carbocycles. The van der Waals surface area contributed by atoms with E-state index in [1.807, 2.05) is 18.2 Å². The molecule has 0 bridgehead atoms. The average molecular weight is 392 g/mol. The second kappa shape index (κ2) is 7.22. The van der Waals surface area contributed by atoms with Gasteiger partial charge in [0.15, 0.2) is 5.76 Å². The highest BCUT2D eigenvalue weighted by Crippen LogP contribution is 2.31. The van der Waals surface area contributed by atoms with E-state index in [1.54, 1.807) is 19.1 Å². The standard InChI is InChI=1S/C22H20N2O5/c1-12-16(10-23)21(26)24(11-14-6-5-9-28-14)22(27)18(12)19(25)20-13(2)15-7-3-4-8-17(15)29-20/h3-4,7-8,14,27H,5-6,9,11H2,1-2H3. The molecule has 1 aliphatic heterocycles. The van der Waals surface area contributed by atoms with Gasteiger partial charge < -0.3 is 14.3 Å². The Morgan fingerprint density at radius 2 is 2.07 bits per heavy atom. The molecule has 1 fully saturated rings. The number of ketones is 1. The van der Waals surface area contributed by atoms with Gasteiger partial charge in [-0.1, -0.05) is 18.2 Å². The van der Waals surface area contributed by atoms with Gasteiger partial charge in [-0.05, 0) is 38.3 Å². The molecule has 0 spiro atoms. The monoisotopic (exact) mass is 392 g/mol. The Morgan fingerprint density at radius 3 is 2.72 bits per heavy atom. The van der Waals surface area contributed by atoms with E-state index in [9.17, 15) is 20.0 Å². The molecule has 1 unspecified atom stereocenters. The van der Waals surface area contributed by atoms with Crippen LogP contribution in [0, 0.1) is 25.2 Å². The summed E-state index contributed by atoms with van der Waals surface area (Å²) < 4.78 is 12.4. The quantitative estimate of drug-likeness (QED) is 0.684. The largest absolute Gasteiger partial charge is 0.494 e. The summed E-state index contributed by atoms with van der Waals surface area (Å²) >= 11 is 0. The highest BCUT2D eigenvalue weighted by Gasteiger charge is 2.29. The number of hydrogen-bond acceptors (Lipinski definition) is 6. The third-order valence-corrected chi connectivity index (χ3v) is 5.49. The lowest BCUT2D eigenvalue weighted by atomic mass is 9.98. The molecule has 7 nitrogen and oxygen atoms in total. The van der Waals surface area contributed by atoms with Crippen molar-refractivity contribution < 1.29 is 19.1 Å². The van der Waals surface area contributed by atoms with Gasteiger partial charge in [-0.25, -0.2) is 0 Å². The third kappa shape index (κ3) is 3.02. The van der Waals surface area contributed by atoms with E-state index in [2.05, 4.69) is 0 Å². The minimum absolute atomic E-state index is 0.0794. The highest BCUT2D eigenvalue weighted by atomic mass is 16.5. The fourth-order valence-electron chi connectivity index (χ4n) is 3.89. The number of hydrogen-bond donors (Lipinski definition) is 1. The Balaban J connectivity index is 1.90. The van der Waals surface area contributed by atoms with E-state index >= 15 is 0 Å². The first-order chi connectivity index (χ1) is 13.9. The van der Waals surface area contributed by atoms with Gasteiger partial charge in [0.1, 0.15) is 17.2 Å². The molecule has 1 aliphatic rings. The van der Waals surface area contributed by atoms with E-state index in [1.165, 1.54) is 6.92 Å². The second-order valence-corrected chi connectivity index (χ2v) is 7.24. The summed E-state index contributed by atoms with van der Waals surface area (Å²) in [5.74, 6) is -0.950. The predicted molar refractivity (Wildman–Crippen MR) is 105 cm³/mol. The summed E-state index contributed by atoms with van der Waals surface area (Å²) in [7, 11) is 0. The number of para-hydroxylation sites is 1. The molecule has 1 aromatic carbocycles. The molecule has 3 aromatic rings. The van der Waals surface area contributed by atoms with E-state index < -0.39 is 17.2 Å². The molecule has 1 saturated heterocycles. The summed E-state index contributed by atoms with van der Waals surface area (Å²) in [6, 6.07) is 9.12. The maximum atomic E-state index is 13.3. The fraction of sp³-hybridized carbons (Fsp3) is 0.318. The van der Waals surface area contributed by atoms with Gasteiger partial charge in [-0.3, -0.25) is 14.2 Å². The SMILES string of the molecule is Cc1c(C(=O)c2oc3ccccc3c2C)c(O)n(CC2CCCO2)c(=O)c1C#N. The molecule has 1 N–H and O–H groups in total. The minimum atomic E-state index is -0.629. The van der Waals surface area contributed by atoms with Crippen molar-refractivity contribution in [3.8, 4) is 11.9 Å². The fourth-order valence-corrected chi connectivity index (χ4v) is 3.89. The zero-order valence-electron chi connectivity index (χ0n) is 16.2. The van der Waals surface area contributed by atoms with Crippen molar-refractivity contribution in [2.24, 2.45) is 0 Å². The number of aryl methyl sites for hydroxylation is 1. The minimum Gasteiger partial charge on any atom is -0.494 e. The number of carbonyl (C=O) groups excluding carboxylic acids is 1. The van der Waals surface area contributed by atoms with Crippen LogP contribution < -0.4 is 5.56 Å². The number of furan rings is 1. The van der Waals surface area contributed by atoms with Crippen molar-refractivity contribution in [1.82, 2.24) is 4.57 Å². The van der Waals surface area contributed by atoms with Crippen molar-refractivity contribution in [1.29, 1.82) is 5.26 Å². The van der Waals surface area contributed by atoms with Gasteiger partial charge in [0.2, 0.25) is 11.7 Å². The van der Waals surface area contributed by atoms with Gasteiger partial charge in [-0.15, -0.1) is 0 Å². The van der Waals surface area contributed by atoms with Gasteiger partial charge >= 0.3 is 0 Å². The molecular formula is C22H20N2O5. The van der Waals surface area contributed by atoms with Crippen LogP contribution in [0.25, 0.3) is 11.0 Å². The van der Waals surface area contributed by atoms with Crippen LogP contribution in [-0.2, 0) is 11.3 Å². The summed E-state index contributed by atoms with van der Waals surface area (Å²) in [5, 5.41) is 21.2. The van der Waals surface area contributed by atoms with Crippen LogP contribution in [0.3, 0.4) is 0 Å². The highest BCUT2D eigenvalue weighted by molar-refractivity contribution is 6.12. The maximum Gasteiger partial charge on any atom is 0.271 e. The number of rotatable bonds is 4. The molecule has 148 valence electrons. The lowest BCUT2D eigenvalue weighted by Gasteiger charge is -2.17. The van der Waals surface area contributed by atoms with Crippen molar-refractivity contribution >= 4 is 16.8 Å². The molecule has 0 saturated carbocycles. The molecule has 0 amide bonds. The summed E-state index contributed by atoms with van der Waals surface area (Å²) in [5.41, 5.74) is 0.442. The summed E-state index contributed by atoms with van der Waals surface area (Å²) in [6.07, 6.45) is 1.36. The van der Waals surface area contributed by atoms with E-state index in [4.69, 9.17) is 9.15 Å². The first kappa shape index (κ1) is 19.0. The van der Waals surface area contributed by atoms with Crippen LogP contribution in [0.15, 0.2) is 33.5 Å². The summed E-state index contributed by atoms with van der Waals surface area (Å²) in [6.45, 7) is 3.92. The Kier molecular flexibility index (Phi) is 4.73. The summed E-state index contributed by atoms with van der Waals surface area (Å²) in [4.78, 5) is 26.1. The van der Waals surface area contributed by atoms with Crippen LogP contribution in [0.5, 0.6) is 5.88 Å². The van der Waals surface area contributed by atoms with E-state index in [0.717, 1.165) is 22.8 Å². The Hall–Kier alpha value is -3.37. The number of aromatic hydroxyl groups is 1. The molecule has 3 heterocycles. The number of pyridine rings is 1. The Bertz CT molecular complexity index is 1220. The van der Waals surface area contributed by atoms with Gasteiger partial charge in [-0.2, -0.15) is 5.26 Å². The number of aromatic nitrogens is 1. The lowest BCUT2D eigenvalue weighted by Crippen LogP contribution is -2.30. The molecule has 29 heavy (non-hydrogen) atoms. The number of benzene rings is 1. The molecule has 4 rings (SSSR count). The van der Waals surface area contributed by atoms with Crippen LogP contribution in [0.2, 0.25) is 0 Å². The zero-order valence-corrected chi connectivity index (χ0v) is 16.2. The first-order valence-electron chi connectivity index (χ1n) is 9.45. The van der Waals surface area contributed by atoms with Crippen molar-refractivity contribution in [3.63, 3.8) is 0 Å². The number of ether oxygens (including phenoxy) is 1. The van der Waals surface area contributed by atoms with Crippen LogP contribution in [0.1, 0.15) is 45.7 Å². The molecular weight excluding hydrogens is 372 g/mol. The number of fused-ring (bicyclic) bond motifs is 1. The van der Waals surface area contributed by atoms with E-state index in [-0.39, 0.29) is 35.1 Å². The van der Waals surface area contributed by atoms with E-state index in [0.29, 0.717) is 17.8 Å². The topological polar surface area (TPSA) is 105 Å². The number of nitriles is 1. The molecule has 2 aromatic heterocycles. The van der Waals surface area contributed by atoms with Crippen molar-refractivity contribution in [2.75, 3.05) is 6.61 Å². The second-order valence-electron chi connectivity index (χ2n) is 7.24. The van der Waals surface area contributed by atoms with Gasteiger partial charge in [0.25, 0.3) is 5.56 Å². The van der Waals surface area contributed by atoms with Gasteiger partial charge in [0.05, 0.1) is 18.2 Å². The average Bonchev–Trinajstić information content (AvgIpc) is 3.34. The van der Waals surface area contributed by atoms with Crippen LogP contribution in [-0.4, -0.2) is 28.2 Å². The normalized spacial score (nSPS) is 16.2. The zero-order chi connectivity index (χ0) is 20.7. The first-order valence-corrected chi connectivity index (χ1v) is 9.45. The van der Waals surface area contributed by atoms with Crippen molar-refractivity contribution in [2.45, 2.75) is 39.3 Å². The predicted octanol–water partition coefficient (Wildman–Crippen LogP) is 3.20. The number of nitrogens with zero attached hydrogens (tertiary/aromatic N) is 2. The van der Waals surface area contributed by atoms with Gasteiger partial charge in [0, 0.05) is 17.6 Å². The van der Waals surface area contributed by atoms with Crippen molar-refractivity contribution in [3.05, 3.63) is 62.6 Å². The lowest BCUT2D eigenvalue weighted by molar-refractivity contribution is 0.0926. The molecule has 0 radical (unpaired) electrons. The maximum absolute atomic E-state index is 13.3. The Labute approximate surface area is 166 Å². The number of carbonyl (C=O) groups is 1.